The predicted molar refractivity (Wildman–Crippen MR) is 138 cm³/mol. The van der Waals surface area contributed by atoms with Crippen LogP contribution in [0, 0.1) is 5.92 Å². The number of methoxy groups -OCH3 is 2. The maximum atomic E-state index is 12.4. The van der Waals surface area contributed by atoms with Crippen LogP contribution in [-0.4, -0.2) is 57.1 Å². The first-order valence-corrected chi connectivity index (χ1v) is 12.1. The minimum absolute atomic E-state index is 0.212. The molecule has 1 atom stereocenters. The number of fused-ring (bicyclic) bond motifs is 1. The monoisotopic (exact) mass is 478 g/mol. The average Bonchev–Trinajstić information content (AvgIpc) is 3.09. The van der Waals surface area contributed by atoms with Gasteiger partial charge in [0.25, 0.3) is 0 Å². The average molecular weight is 479 g/mol. The highest BCUT2D eigenvalue weighted by Crippen LogP contribution is 2.33. The number of amidine groups is 1. The topological polar surface area (TPSA) is 84.8 Å². The zero-order chi connectivity index (χ0) is 24.8. The van der Waals surface area contributed by atoms with E-state index < -0.39 is 6.09 Å². The Morgan fingerprint density at radius 3 is 2.60 bits per heavy atom. The van der Waals surface area contributed by atoms with E-state index in [0.29, 0.717) is 30.6 Å². The van der Waals surface area contributed by atoms with Crippen LogP contribution >= 0.6 is 0 Å². The summed E-state index contributed by atoms with van der Waals surface area (Å²) in [6.45, 7) is 6.79. The number of piperidine rings is 1. The van der Waals surface area contributed by atoms with Crippen LogP contribution in [0.5, 0.6) is 11.5 Å². The van der Waals surface area contributed by atoms with Gasteiger partial charge in [-0.25, -0.2) is 9.79 Å². The Hall–Kier alpha value is -3.55. The number of carbonyl (C=O) groups is 1. The number of nitrogens with one attached hydrogen (secondary N) is 1. The number of hydrogen-bond donors (Lipinski definition) is 1. The van der Waals surface area contributed by atoms with Gasteiger partial charge in [0, 0.05) is 30.3 Å². The van der Waals surface area contributed by atoms with E-state index in [1.165, 1.54) is 5.56 Å². The number of nitrogens with zero attached hydrogens (tertiary/aromatic N) is 3. The molecule has 2 aromatic carbocycles. The smallest absolute Gasteiger partial charge is 0.411 e. The standard InChI is InChI=1S/C27H34N4O4/c1-18(2)20-7-9-22(10-8-20)30-27(32)35-16-19-6-5-11-31(15-19)26-23-13-25(34-4)24(33-3)12-21(23)14-28-17-29-26/h7-10,12-13,17-19H,5-6,11,14-16H2,1-4H3,(H,30,32). The van der Waals surface area contributed by atoms with Crippen LogP contribution < -0.4 is 14.8 Å². The first-order valence-electron chi connectivity index (χ1n) is 12.1. The van der Waals surface area contributed by atoms with E-state index in [0.717, 1.165) is 48.6 Å². The number of anilines is 1. The van der Waals surface area contributed by atoms with Crippen molar-refractivity contribution in [3.8, 4) is 11.5 Å². The van der Waals surface area contributed by atoms with Crippen molar-refractivity contribution in [2.45, 2.75) is 39.2 Å². The summed E-state index contributed by atoms with van der Waals surface area (Å²) in [4.78, 5) is 23.7. The molecular weight excluding hydrogens is 444 g/mol. The number of carbonyl (C=O) groups excluding carboxylic acids is 1. The molecular formula is C27H34N4O4. The van der Waals surface area contributed by atoms with Crippen molar-refractivity contribution >= 4 is 24.0 Å². The molecule has 1 saturated heterocycles. The Balaban J connectivity index is 1.39. The number of amides is 1. The molecule has 186 valence electrons. The van der Waals surface area contributed by atoms with Crippen LogP contribution in [0.4, 0.5) is 10.5 Å². The molecule has 1 unspecified atom stereocenters. The maximum absolute atomic E-state index is 12.4. The highest BCUT2D eigenvalue weighted by Gasteiger charge is 2.27. The molecule has 8 heteroatoms. The summed E-state index contributed by atoms with van der Waals surface area (Å²) in [6.07, 6.45) is 3.17. The lowest BCUT2D eigenvalue weighted by atomic mass is 9.97. The number of rotatable bonds is 6. The van der Waals surface area contributed by atoms with Crippen LogP contribution in [0.15, 0.2) is 46.4 Å². The van der Waals surface area contributed by atoms with Crippen molar-refractivity contribution in [1.82, 2.24) is 4.90 Å². The molecule has 1 fully saturated rings. The summed E-state index contributed by atoms with van der Waals surface area (Å²) in [5.74, 6) is 2.86. The van der Waals surface area contributed by atoms with Crippen molar-refractivity contribution < 1.29 is 19.0 Å². The van der Waals surface area contributed by atoms with Gasteiger partial charge in [0.05, 0.1) is 27.4 Å². The number of aliphatic imine (C=N–C) groups is 2. The number of likely N-dealkylation sites (tertiary alicyclic amines) is 1. The van der Waals surface area contributed by atoms with Crippen molar-refractivity contribution in [1.29, 1.82) is 0 Å². The van der Waals surface area contributed by atoms with Gasteiger partial charge in [-0.1, -0.05) is 26.0 Å². The molecule has 35 heavy (non-hydrogen) atoms. The van der Waals surface area contributed by atoms with Gasteiger partial charge in [-0.2, -0.15) is 0 Å². The van der Waals surface area contributed by atoms with E-state index >= 15 is 0 Å². The van der Waals surface area contributed by atoms with Gasteiger partial charge >= 0.3 is 6.09 Å². The molecule has 2 aliphatic heterocycles. The minimum Gasteiger partial charge on any atom is -0.493 e. The van der Waals surface area contributed by atoms with Crippen molar-refractivity contribution in [2.75, 3.05) is 39.2 Å². The summed E-state index contributed by atoms with van der Waals surface area (Å²) < 4.78 is 16.6. The van der Waals surface area contributed by atoms with Crippen LogP contribution in [0.1, 0.15) is 49.3 Å². The second kappa shape index (κ2) is 11.3. The van der Waals surface area contributed by atoms with Crippen molar-refractivity contribution in [2.24, 2.45) is 15.9 Å². The van der Waals surface area contributed by atoms with E-state index in [4.69, 9.17) is 14.2 Å². The fourth-order valence-corrected chi connectivity index (χ4v) is 4.51. The lowest BCUT2D eigenvalue weighted by molar-refractivity contribution is 0.118. The second-order valence-electron chi connectivity index (χ2n) is 9.23. The summed E-state index contributed by atoms with van der Waals surface area (Å²) in [7, 11) is 3.26. The molecule has 1 N–H and O–H groups in total. The summed E-state index contributed by atoms with van der Waals surface area (Å²) in [6, 6.07) is 11.8. The quantitative estimate of drug-likeness (QED) is 0.626. The second-order valence-corrected chi connectivity index (χ2v) is 9.23. The molecule has 0 aliphatic carbocycles. The minimum atomic E-state index is -0.430. The predicted octanol–water partition coefficient (Wildman–Crippen LogP) is 5.08. The molecule has 2 aromatic rings. The number of benzene rings is 2. The molecule has 8 nitrogen and oxygen atoms in total. The summed E-state index contributed by atoms with van der Waals surface area (Å²) >= 11 is 0. The molecule has 2 heterocycles. The molecule has 0 spiro atoms. The largest absolute Gasteiger partial charge is 0.493 e. The maximum Gasteiger partial charge on any atom is 0.411 e. The Morgan fingerprint density at radius 1 is 1.14 bits per heavy atom. The fourth-order valence-electron chi connectivity index (χ4n) is 4.51. The van der Waals surface area contributed by atoms with Crippen LogP contribution in [-0.2, 0) is 11.3 Å². The molecule has 4 rings (SSSR count). The van der Waals surface area contributed by atoms with Gasteiger partial charge in [0.1, 0.15) is 12.2 Å². The Kier molecular flexibility index (Phi) is 7.90. The first-order chi connectivity index (χ1) is 17.0. The third-order valence-corrected chi connectivity index (χ3v) is 6.47. The van der Waals surface area contributed by atoms with E-state index in [1.54, 1.807) is 20.6 Å². The van der Waals surface area contributed by atoms with E-state index in [9.17, 15) is 4.79 Å². The van der Waals surface area contributed by atoms with Gasteiger partial charge in [0.2, 0.25) is 0 Å². The van der Waals surface area contributed by atoms with Gasteiger partial charge < -0.3 is 19.1 Å². The normalized spacial score (nSPS) is 17.3. The third-order valence-electron chi connectivity index (χ3n) is 6.47. The van der Waals surface area contributed by atoms with Gasteiger partial charge in [0.15, 0.2) is 11.5 Å². The molecule has 0 bridgehead atoms. The van der Waals surface area contributed by atoms with Crippen molar-refractivity contribution in [3.63, 3.8) is 0 Å². The Labute approximate surface area is 207 Å². The van der Waals surface area contributed by atoms with Crippen LogP contribution in [0.25, 0.3) is 0 Å². The van der Waals surface area contributed by atoms with Gasteiger partial charge in [-0.15, -0.1) is 0 Å². The van der Waals surface area contributed by atoms with Crippen LogP contribution in [0.2, 0.25) is 0 Å². The highest BCUT2D eigenvalue weighted by molar-refractivity contribution is 6.04. The third kappa shape index (κ3) is 5.93. The Bertz CT molecular complexity index is 1100. The lowest BCUT2D eigenvalue weighted by Crippen LogP contribution is -2.42. The van der Waals surface area contributed by atoms with Gasteiger partial charge in [-0.05, 0) is 54.2 Å². The number of hydrogen-bond acceptors (Lipinski definition) is 7. The Morgan fingerprint density at radius 2 is 1.89 bits per heavy atom. The zero-order valence-corrected chi connectivity index (χ0v) is 20.9. The SMILES string of the molecule is COc1cc2c(cc1OC)C(N1CCCC(COC(=O)Nc3ccc(C(C)C)cc3)C1)=NC=NC2. The number of ether oxygens (including phenoxy) is 3. The molecule has 0 aromatic heterocycles. The summed E-state index contributed by atoms with van der Waals surface area (Å²) in [5.41, 5.74) is 3.99. The molecule has 2 aliphatic rings. The van der Waals surface area contributed by atoms with E-state index in [2.05, 4.69) is 34.0 Å². The van der Waals surface area contributed by atoms with Gasteiger partial charge in [-0.3, -0.25) is 10.3 Å². The molecule has 0 radical (unpaired) electrons. The molecule has 0 saturated carbocycles. The highest BCUT2D eigenvalue weighted by atomic mass is 16.5. The van der Waals surface area contributed by atoms with Crippen molar-refractivity contribution in [3.05, 3.63) is 53.1 Å². The van der Waals surface area contributed by atoms with E-state index in [1.807, 2.05) is 36.4 Å². The van der Waals surface area contributed by atoms with E-state index in [-0.39, 0.29) is 5.92 Å². The molecule has 1 amide bonds. The zero-order valence-electron chi connectivity index (χ0n) is 20.9. The summed E-state index contributed by atoms with van der Waals surface area (Å²) in [5, 5.41) is 2.83. The first kappa shape index (κ1) is 24.6. The lowest BCUT2D eigenvalue weighted by Gasteiger charge is -2.35. The van der Waals surface area contributed by atoms with Crippen LogP contribution in [0.3, 0.4) is 0 Å². The fraction of sp³-hybridized carbons (Fsp3) is 0.444.